The fourth-order valence-corrected chi connectivity index (χ4v) is 4.17. The van der Waals surface area contributed by atoms with E-state index < -0.39 is 27.7 Å². The molecule has 0 fully saturated rings. The van der Waals surface area contributed by atoms with Crippen molar-refractivity contribution in [1.82, 2.24) is 4.72 Å². The molecule has 0 saturated heterocycles. The number of ether oxygens (including phenoxy) is 1. The Bertz CT molecular complexity index is 1080. The molecule has 3 rings (SSSR count). The molecule has 0 aliphatic carbocycles. The number of hydrogen-bond donors (Lipinski definition) is 1. The standard InChI is InChI=1S/C21H19F2NO3S/c1-14(24-28(25,26)17-10-8-16(27-2)9-11-17)18-5-3-4-6-19(18)20-12-7-15(22)13-21(20)23/h3-14,24H,1-2H3. The first kappa shape index (κ1) is 20.0. The Labute approximate surface area is 162 Å². The molecule has 3 aromatic carbocycles. The Morgan fingerprint density at radius 2 is 1.61 bits per heavy atom. The second kappa shape index (κ2) is 8.08. The van der Waals surface area contributed by atoms with E-state index in [4.69, 9.17) is 4.74 Å². The molecule has 4 nitrogen and oxygen atoms in total. The minimum absolute atomic E-state index is 0.0885. The van der Waals surface area contributed by atoms with Crippen LogP contribution in [0.3, 0.4) is 0 Å². The van der Waals surface area contributed by atoms with Gasteiger partial charge in [0.05, 0.1) is 12.0 Å². The normalized spacial score (nSPS) is 12.6. The van der Waals surface area contributed by atoms with Crippen molar-refractivity contribution in [3.8, 4) is 16.9 Å². The molecule has 7 heteroatoms. The third-order valence-electron chi connectivity index (χ3n) is 4.35. The topological polar surface area (TPSA) is 55.4 Å². The SMILES string of the molecule is COc1ccc(S(=O)(=O)NC(C)c2ccccc2-c2ccc(F)cc2F)cc1. The summed E-state index contributed by atoms with van der Waals surface area (Å²) in [7, 11) is -2.31. The molecule has 0 aliphatic heterocycles. The lowest BCUT2D eigenvalue weighted by Crippen LogP contribution is -2.27. The number of rotatable bonds is 6. The van der Waals surface area contributed by atoms with Crippen LogP contribution in [0.15, 0.2) is 71.6 Å². The molecular weight excluding hydrogens is 384 g/mol. The maximum atomic E-state index is 14.3. The van der Waals surface area contributed by atoms with Crippen molar-refractivity contribution in [1.29, 1.82) is 0 Å². The Morgan fingerprint density at radius 3 is 2.25 bits per heavy atom. The zero-order valence-electron chi connectivity index (χ0n) is 15.3. The van der Waals surface area contributed by atoms with Crippen LogP contribution in [0.25, 0.3) is 11.1 Å². The lowest BCUT2D eigenvalue weighted by molar-refractivity contribution is 0.414. The van der Waals surface area contributed by atoms with Crippen molar-refractivity contribution in [2.45, 2.75) is 17.9 Å². The lowest BCUT2D eigenvalue weighted by Gasteiger charge is -2.19. The predicted molar refractivity (Wildman–Crippen MR) is 104 cm³/mol. The first-order valence-electron chi connectivity index (χ1n) is 8.52. The third kappa shape index (κ3) is 4.21. The highest BCUT2D eigenvalue weighted by Gasteiger charge is 2.21. The van der Waals surface area contributed by atoms with Crippen LogP contribution in [0.2, 0.25) is 0 Å². The summed E-state index contributed by atoms with van der Waals surface area (Å²) in [6, 6.07) is 15.5. The van der Waals surface area contributed by atoms with Crippen LogP contribution in [0.1, 0.15) is 18.5 Å². The molecule has 1 atom stereocenters. The zero-order chi connectivity index (χ0) is 20.3. The molecule has 0 amide bonds. The van der Waals surface area contributed by atoms with Gasteiger partial charge in [-0.05, 0) is 54.4 Å². The van der Waals surface area contributed by atoms with E-state index in [1.165, 1.54) is 31.4 Å². The maximum absolute atomic E-state index is 14.3. The Balaban J connectivity index is 1.93. The van der Waals surface area contributed by atoms with E-state index in [2.05, 4.69) is 4.72 Å². The van der Waals surface area contributed by atoms with Gasteiger partial charge >= 0.3 is 0 Å². The van der Waals surface area contributed by atoms with Crippen LogP contribution in [0.4, 0.5) is 8.78 Å². The highest BCUT2D eigenvalue weighted by atomic mass is 32.2. The lowest BCUT2D eigenvalue weighted by atomic mass is 9.95. The Morgan fingerprint density at radius 1 is 0.929 bits per heavy atom. The highest BCUT2D eigenvalue weighted by molar-refractivity contribution is 7.89. The van der Waals surface area contributed by atoms with Crippen LogP contribution in [-0.4, -0.2) is 15.5 Å². The van der Waals surface area contributed by atoms with Gasteiger partial charge in [0.15, 0.2) is 0 Å². The van der Waals surface area contributed by atoms with Crippen LogP contribution in [0.5, 0.6) is 5.75 Å². The Hall–Kier alpha value is -2.77. The fourth-order valence-electron chi connectivity index (χ4n) is 2.95. The summed E-state index contributed by atoms with van der Waals surface area (Å²) < 4.78 is 60.5. The van der Waals surface area contributed by atoms with Gasteiger partial charge in [0, 0.05) is 17.7 Å². The van der Waals surface area contributed by atoms with Gasteiger partial charge in [-0.25, -0.2) is 21.9 Å². The molecule has 0 heterocycles. The van der Waals surface area contributed by atoms with Gasteiger partial charge in [-0.3, -0.25) is 0 Å². The average molecular weight is 403 g/mol. The molecular formula is C21H19F2NO3S. The van der Waals surface area contributed by atoms with E-state index in [9.17, 15) is 17.2 Å². The van der Waals surface area contributed by atoms with Gasteiger partial charge < -0.3 is 4.74 Å². The van der Waals surface area contributed by atoms with Gasteiger partial charge in [0.25, 0.3) is 0 Å². The summed E-state index contributed by atoms with van der Waals surface area (Å²) in [6.07, 6.45) is 0. The quantitative estimate of drug-likeness (QED) is 0.650. The number of nitrogens with one attached hydrogen (secondary N) is 1. The van der Waals surface area contributed by atoms with Gasteiger partial charge in [-0.1, -0.05) is 24.3 Å². The molecule has 1 unspecified atom stereocenters. The van der Waals surface area contributed by atoms with Crippen molar-refractivity contribution >= 4 is 10.0 Å². The molecule has 0 radical (unpaired) electrons. The Kier molecular flexibility index (Phi) is 5.76. The summed E-state index contributed by atoms with van der Waals surface area (Å²) in [5.74, 6) is -0.839. The predicted octanol–water partition coefficient (Wildman–Crippen LogP) is 4.68. The number of methoxy groups -OCH3 is 1. The number of halogens is 2. The third-order valence-corrected chi connectivity index (χ3v) is 5.91. The highest BCUT2D eigenvalue weighted by Crippen LogP contribution is 2.31. The van der Waals surface area contributed by atoms with Crippen LogP contribution in [-0.2, 0) is 10.0 Å². The van der Waals surface area contributed by atoms with Crippen molar-refractivity contribution in [2.24, 2.45) is 0 Å². The van der Waals surface area contributed by atoms with Crippen molar-refractivity contribution in [2.75, 3.05) is 7.11 Å². The molecule has 0 aliphatic rings. The van der Waals surface area contributed by atoms with Gasteiger partial charge in [0.2, 0.25) is 10.0 Å². The summed E-state index contributed by atoms with van der Waals surface area (Å²) in [6.45, 7) is 1.67. The summed E-state index contributed by atoms with van der Waals surface area (Å²) >= 11 is 0. The van der Waals surface area contributed by atoms with E-state index in [1.54, 1.807) is 43.3 Å². The van der Waals surface area contributed by atoms with Crippen molar-refractivity contribution in [3.63, 3.8) is 0 Å². The van der Waals surface area contributed by atoms with E-state index >= 15 is 0 Å². The molecule has 0 aromatic heterocycles. The largest absolute Gasteiger partial charge is 0.497 e. The van der Waals surface area contributed by atoms with Crippen molar-refractivity contribution in [3.05, 3.63) is 83.9 Å². The number of benzene rings is 3. The smallest absolute Gasteiger partial charge is 0.241 e. The van der Waals surface area contributed by atoms with Crippen LogP contribution in [0, 0.1) is 11.6 Å². The van der Waals surface area contributed by atoms with E-state index in [0.717, 1.165) is 6.07 Å². The zero-order valence-corrected chi connectivity index (χ0v) is 16.1. The maximum Gasteiger partial charge on any atom is 0.241 e. The fraction of sp³-hybridized carbons (Fsp3) is 0.143. The molecule has 28 heavy (non-hydrogen) atoms. The van der Waals surface area contributed by atoms with E-state index in [1.807, 2.05) is 0 Å². The first-order chi connectivity index (χ1) is 13.3. The van der Waals surface area contributed by atoms with Gasteiger partial charge in [-0.15, -0.1) is 0 Å². The minimum atomic E-state index is -3.81. The molecule has 0 spiro atoms. The number of sulfonamides is 1. The first-order valence-corrected chi connectivity index (χ1v) is 10.0. The summed E-state index contributed by atoms with van der Waals surface area (Å²) in [5.41, 5.74) is 1.27. The van der Waals surface area contributed by atoms with Crippen molar-refractivity contribution < 1.29 is 21.9 Å². The molecule has 0 saturated carbocycles. The van der Waals surface area contributed by atoms with Crippen LogP contribution < -0.4 is 9.46 Å². The summed E-state index contributed by atoms with van der Waals surface area (Å²) in [4.78, 5) is 0.0885. The summed E-state index contributed by atoms with van der Waals surface area (Å²) in [5, 5.41) is 0. The van der Waals surface area contributed by atoms with Crippen LogP contribution >= 0.6 is 0 Å². The number of hydrogen-bond acceptors (Lipinski definition) is 3. The molecule has 1 N–H and O–H groups in total. The van der Waals surface area contributed by atoms with E-state index in [-0.39, 0.29) is 10.5 Å². The average Bonchev–Trinajstić information content (AvgIpc) is 2.68. The molecule has 0 bridgehead atoms. The van der Waals surface area contributed by atoms with Gasteiger partial charge in [-0.2, -0.15) is 0 Å². The second-order valence-corrected chi connectivity index (χ2v) is 7.94. The van der Waals surface area contributed by atoms with E-state index in [0.29, 0.717) is 16.9 Å². The second-order valence-electron chi connectivity index (χ2n) is 6.23. The minimum Gasteiger partial charge on any atom is -0.497 e. The molecule has 146 valence electrons. The van der Waals surface area contributed by atoms with Gasteiger partial charge in [0.1, 0.15) is 17.4 Å². The molecule has 3 aromatic rings. The monoisotopic (exact) mass is 403 g/mol.